The van der Waals surface area contributed by atoms with Crippen molar-refractivity contribution in [3.05, 3.63) is 90.6 Å². The van der Waals surface area contributed by atoms with E-state index >= 15 is 0 Å². The Morgan fingerprint density at radius 3 is 2.61 bits per heavy atom. The van der Waals surface area contributed by atoms with Crippen LogP contribution in [0.1, 0.15) is 37.1 Å². The highest BCUT2D eigenvalue weighted by molar-refractivity contribution is 7.15. The van der Waals surface area contributed by atoms with Gasteiger partial charge in [0.15, 0.2) is 11.5 Å². The summed E-state index contributed by atoms with van der Waals surface area (Å²) in [5, 5.41) is 4.30. The van der Waals surface area contributed by atoms with Crippen molar-refractivity contribution in [1.82, 2.24) is 14.6 Å². The normalized spacial score (nSPS) is 11.9. The van der Waals surface area contributed by atoms with Crippen LogP contribution in [0.2, 0.25) is 0 Å². The van der Waals surface area contributed by atoms with E-state index in [1.165, 1.54) is 4.52 Å². The summed E-state index contributed by atoms with van der Waals surface area (Å²) in [4.78, 5) is 29.8. The average molecular weight is 464 g/mol. The molecule has 0 atom stereocenters. The van der Waals surface area contributed by atoms with Gasteiger partial charge in [0.1, 0.15) is 5.69 Å². The Labute approximate surface area is 195 Å². The highest BCUT2D eigenvalue weighted by atomic mass is 32.1. The second kappa shape index (κ2) is 9.95. The molecule has 0 aliphatic heterocycles. The number of thiazole rings is 1. The molecule has 0 aliphatic rings. The first kappa shape index (κ1) is 22.7. The predicted octanol–water partition coefficient (Wildman–Crippen LogP) is 3.08. The lowest BCUT2D eigenvalue weighted by molar-refractivity contribution is 0.273. The summed E-state index contributed by atoms with van der Waals surface area (Å²) in [6.45, 7) is 4.90. The minimum atomic E-state index is -0.420. The number of nitrogens with zero attached hydrogens (tertiary/aromatic N) is 3. The highest BCUT2D eigenvalue weighted by Gasteiger charge is 2.12. The Balaban J connectivity index is 1.67. The molecule has 33 heavy (non-hydrogen) atoms. The minimum absolute atomic E-state index is 0.240. The molecule has 0 fully saturated rings. The lowest BCUT2D eigenvalue weighted by atomic mass is 10.1. The summed E-state index contributed by atoms with van der Waals surface area (Å²) < 4.78 is 12.9. The molecule has 2 aromatic carbocycles. The van der Waals surface area contributed by atoms with E-state index in [1.54, 1.807) is 13.2 Å². The standard InChI is InChI=1S/C25H25N3O4S/c1-16(2)11-12-32-20-10-9-18(14-21(20)31-3)15-22-24(30)28-25(33-22)26-23(29)19(27-28)13-17-7-5-4-6-8-17/h4-10,14-16H,11-13H2,1-3H3. The third kappa shape index (κ3) is 5.28. The van der Waals surface area contributed by atoms with Gasteiger partial charge in [-0.05, 0) is 41.7 Å². The summed E-state index contributed by atoms with van der Waals surface area (Å²) in [6.07, 6.45) is 3.01. The summed E-state index contributed by atoms with van der Waals surface area (Å²) in [5.74, 6) is 1.81. The van der Waals surface area contributed by atoms with E-state index in [-0.39, 0.29) is 16.2 Å². The zero-order valence-electron chi connectivity index (χ0n) is 18.8. The topological polar surface area (TPSA) is 82.8 Å². The molecular weight excluding hydrogens is 438 g/mol. The van der Waals surface area contributed by atoms with Crippen LogP contribution >= 0.6 is 11.3 Å². The van der Waals surface area contributed by atoms with Gasteiger partial charge in [-0.2, -0.15) is 14.6 Å². The van der Waals surface area contributed by atoms with Crippen LogP contribution in [0, 0.1) is 5.92 Å². The lowest BCUT2D eigenvalue weighted by Gasteiger charge is -2.12. The van der Waals surface area contributed by atoms with Crippen molar-refractivity contribution in [2.45, 2.75) is 26.7 Å². The third-order valence-electron chi connectivity index (χ3n) is 5.10. The highest BCUT2D eigenvalue weighted by Crippen LogP contribution is 2.28. The van der Waals surface area contributed by atoms with Gasteiger partial charge in [0.2, 0.25) is 4.96 Å². The fourth-order valence-corrected chi connectivity index (χ4v) is 4.19. The molecule has 0 unspecified atom stereocenters. The largest absolute Gasteiger partial charge is 0.493 e. The second-order valence-electron chi connectivity index (χ2n) is 8.08. The van der Waals surface area contributed by atoms with Gasteiger partial charge in [-0.1, -0.05) is 61.6 Å². The maximum atomic E-state index is 13.0. The first-order chi connectivity index (χ1) is 15.9. The van der Waals surface area contributed by atoms with E-state index in [1.807, 2.05) is 48.5 Å². The molecule has 0 radical (unpaired) electrons. The summed E-state index contributed by atoms with van der Waals surface area (Å²) in [5.41, 5.74) is 1.22. The van der Waals surface area contributed by atoms with Crippen LogP contribution in [0.25, 0.3) is 11.0 Å². The van der Waals surface area contributed by atoms with Crippen LogP contribution < -0.4 is 25.1 Å². The minimum Gasteiger partial charge on any atom is -0.493 e. The quantitative estimate of drug-likeness (QED) is 0.399. The van der Waals surface area contributed by atoms with E-state index in [0.717, 1.165) is 28.9 Å². The van der Waals surface area contributed by atoms with Crippen LogP contribution in [0.5, 0.6) is 11.5 Å². The molecule has 0 saturated heterocycles. The average Bonchev–Trinajstić information content (AvgIpc) is 3.09. The number of hydrogen-bond acceptors (Lipinski definition) is 7. The summed E-state index contributed by atoms with van der Waals surface area (Å²) >= 11 is 1.13. The summed E-state index contributed by atoms with van der Waals surface area (Å²) in [6, 6.07) is 15.0. The zero-order valence-corrected chi connectivity index (χ0v) is 19.6. The van der Waals surface area contributed by atoms with Crippen molar-refractivity contribution in [1.29, 1.82) is 0 Å². The third-order valence-corrected chi connectivity index (χ3v) is 6.06. The molecule has 0 bridgehead atoms. The molecule has 0 saturated carbocycles. The Morgan fingerprint density at radius 1 is 1.09 bits per heavy atom. The molecular formula is C25H25N3O4S. The fourth-order valence-electron chi connectivity index (χ4n) is 3.29. The number of ether oxygens (including phenoxy) is 2. The van der Waals surface area contributed by atoms with Gasteiger partial charge in [0.05, 0.1) is 18.2 Å². The molecule has 0 N–H and O–H groups in total. The van der Waals surface area contributed by atoms with Gasteiger partial charge in [-0.15, -0.1) is 0 Å². The number of fused-ring (bicyclic) bond motifs is 1. The number of methoxy groups -OCH3 is 1. The second-order valence-corrected chi connectivity index (χ2v) is 9.09. The van der Waals surface area contributed by atoms with Crippen molar-refractivity contribution in [3.63, 3.8) is 0 Å². The van der Waals surface area contributed by atoms with Gasteiger partial charge in [0, 0.05) is 6.42 Å². The maximum Gasteiger partial charge on any atom is 0.296 e. The molecule has 0 aliphatic carbocycles. The first-order valence-electron chi connectivity index (χ1n) is 10.7. The van der Waals surface area contributed by atoms with Gasteiger partial charge in [-0.25, -0.2) is 0 Å². The van der Waals surface area contributed by atoms with E-state index in [2.05, 4.69) is 23.9 Å². The van der Waals surface area contributed by atoms with E-state index < -0.39 is 5.56 Å². The SMILES string of the molecule is COc1cc(C=c2sc3nc(=O)c(Cc4ccccc4)nn3c2=O)ccc1OCCC(C)C. The van der Waals surface area contributed by atoms with Crippen molar-refractivity contribution in [2.24, 2.45) is 5.92 Å². The molecule has 8 heteroatoms. The number of rotatable bonds is 8. The lowest BCUT2D eigenvalue weighted by Crippen LogP contribution is -2.28. The molecule has 4 rings (SSSR count). The number of aromatic nitrogens is 3. The number of hydrogen-bond donors (Lipinski definition) is 0. The number of benzene rings is 2. The molecule has 2 heterocycles. The maximum absolute atomic E-state index is 13.0. The molecule has 7 nitrogen and oxygen atoms in total. The Kier molecular flexibility index (Phi) is 6.84. The fraction of sp³-hybridized carbons (Fsp3) is 0.280. The predicted molar refractivity (Wildman–Crippen MR) is 129 cm³/mol. The van der Waals surface area contributed by atoms with E-state index in [4.69, 9.17) is 9.47 Å². The Bertz CT molecular complexity index is 1430. The van der Waals surface area contributed by atoms with Gasteiger partial charge >= 0.3 is 0 Å². The van der Waals surface area contributed by atoms with Crippen molar-refractivity contribution < 1.29 is 9.47 Å². The van der Waals surface area contributed by atoms with Gasteiger partial charge in [-0.3, -0.25) is 9.59 Å². The van der Waals surface area contributed by atoms with Crippen LogP contribution in [0.3, 0.4) is 0 Å². The smallest absolute Gasteiger partial charge is 0.296 e. The summed E-state index contributed by atoms with van der Waals surface area (Å²) in [7, 11) is 1.58. The molecule has 4 aromatic rings. The monoisotopic (exact) mass is 463 g/mol. The zero-order chi connectivity index (χ0) is 23.4. The van der Waals surface area contributed by atoms with Crippen LogP contribution in [-0.2, 0) is 6.42 Å². The van der Waals surface area contributed by atoms with Crippen LogP contribution in [0.15, 0.2) is 58.1 Å². The molecule has 0 spiro atoms. The van der Waals surface area contributed by atoms with Gasteiger partial charge < -0.3 is 9.47 Å². The van der Waals surface area contributed by atoms with Crippen LogP contribution in [0.4, 0.5) is 0 Å². The van der Waals surface area contributed by atoms with Crippen molar-refractivity contribution in [2.75, 3.05) is 13.7 Å². The van der Waals surface area contributed by atoms with Crippen molar-refractivity contribution in [3.8, 4) is 11.5 Å². The van der Waals surface area contributed by atoms with Crippen LogP contribution in [-0.4, -0.2) is 28.3 Å². The molecule has 170 valence electrons. The Morgan fingerprint density at radius 2 is 1.88 bits per heavy atom. The molecule has 2 aromatic heterocycles. The first-order valence-corrected chi connectivity index (χ1v) is 11.6. The van der Waals surface area contributed by atoms with Crippen molar-refractivity contribution >= 4 is 22.4 Å². The molecule has 0 amide bonds. The van der Waals surface area contributed by atoms with E-state index in [9.17, 15) is 9.59 Å². The van der Waals surface area contributed by atoms with Gasteiger partial charge in [0.25, 0.3) is 11.1 Å². The Hall–Kier alpha value is -3.52. The van der Waals surface area contributed by atoms with E-state index in [0.29, 0.717) is 35.0 Å².